The molecule has 0 saturated heterocycles. The molecular formula is C31H51NO. The Labute approximate surface area is 204 Å². The van der Waals surface area contributed by atoms with E-state index in [0.717, 1.165) is 48.3 Å². The third-order valence-electron chi connectivity index (χ3n) is 11.0. The van der Waals surface area contributed by atoms with Crippen molar-refractivity contribution in [2.45, 2.75) is 118 Å². The lowest BCUT2D eigenvalue weighted by atomic mass is 9.47. The number of hydrogen-bond donors (Lipinski definition) is 1. The van der Waals surface area contributed by atoms with Crippen molar-refractivity contribution in [3.05, 3.63) is 23.8 Å². The average Bonchev–Trinajstić information content (AvgIpc) is 3.11. The van der Waals surface area contributed by atoms with Crippen LogP contribution >= 0.6 is 0 Å². The van der Waals surface area contributed by atoms with Crippen LogP contribution in [0.1, 0.15) is 112 Å². The molecule has 0 aromatic carbocycles. The molecular weight excluding hydrogens is 402 g/mol. The summed E-state index contributed by atoms with van der Waals surface area (Å²) in [6.45, 7) is 18.2. The number of hydrogen-bond acceptors (Lipinski definition) is 1. The molecule has 3 saturated carbocycles. The van der Waals surface area contributed by atoms with Gasteiger partial charge in [0.1, 0.15) is 0 Å². The summed E-state index contributed by atoms with van der Waals surface area (Å²) in [7, 11) is 0. The summed E-state index contributed by atoms with van der Waals surface area (Å²) < 4.78 is 0. The smallest absolute Gasteiger partial charge is 0.246 e. The van der Waals surface area contributed by atoms with Gasteiger partial charge < -0.3 is 5.32 Å². The molecule has 0 aromatic heterocycles. The summed E-state index contributed by atoms with van der Waals surface area (Å²) in [5.41, 5.74) is 3.20. The minimum absolute atomic E-state index is 0.0332. The van der Waals surface area contributed by atoms with Gasteiger partial charge in [-0.05, 0) is 105 Å². The Hall–Kier alpha value is -1.05. The minimum Gasteiger partial charge on any atom is -0.349 e. The third kappa shape index (κ3) is 4.62. The van der Waals surface area contributed by atoms with Gasteiger partial charge in [0.05, 0.1) is 0 Å². The average molecular weight is 454 g/mol. The quantitative estimate of drug-likeness (QED) is 0.306. The van der Waals surface area contributed by atoms with Gasteiger partial charge in [-0.25, -0.2) is 0 Å². The summed E-state index contributed by atoms with van der Waals surface area (Å²) in [4.78, 5) is 12.2. The van der Waals surface area contributed by atoms with Crippen LogP contribution in [0.15, 0.2) is 23.8 Å². The number of carbonyl (C=O) groups excluding carboxylic acids is 1. The van der Waals surface area contributed by atoms with E-state index >= 15 is 0 Å². The number of amides is 1. The molecule has 0 bridgehead atoms. The Morgan fingerprint density at radius 1 is 1.09 bits per heavy atom. The Morgan fingerprint density at radius 3 is 2.55 bits per heavy atom. The van der Waals surface area contributed by atoms with Crippen LogP contribution in [0.3, 0.4) is 0 Å². The van der Waals surface area contributed by atoms with Crippen LogP contribution in [-0.2, 0) is 4.79 Å². The summed E-state index contributed by atoms with van der Waals surface area (Å²) in [5.74, 6) is 5.34. The van der Waals surface area contributed by atoms with E-state index in [9.17, 15) is 4.79 Å². The molecule has 0 aromatic rings. The SMILES string of the molecule is C=C(C)C(=O)N[C@H]1CC[C@@]2(C)C(=CC[C@H]3[C@@H]4CC[C@H]([C@H](C)CCCC(C)C)[C@@]4(C)CC[C@@H]32)C1. The molecule has 4 rings (SSSR count). The normalized spacial score (nSPS) is 40.9. The molecule has 4 aliphatic rings. The molecule has 0 heterocycles. The zero-order valence-electron chi connectivity index (χ0n) is 22.5. The molecule has 2 nitrogen and oxygen atoms in total. The van der Waals surface area contributed by atoms with Gasteiger partial charge in [-0.15, -0.1) is 0 Å². The van der Waals surface area contributed by atoms with Gasteiger partial charge in [0, 0.05) is 11.6 Å². The maximum absolute atomic E-state index is 12.2. The second kappa shape index (κ2) is 9.54. The fourth-order valence-corrected chi connectivity index (χ4v) is 9.12. The molecule has 0 unspecified atom stereocenters. The van der Waals surface area contributed by atoms with Crippen molar-refractivity contribution < 1.29 is 4.79 Å². The Bertz CT molecular complexity index is 780. The molecule has 3 fully saturated rings. The Kier molecular flexibility index (Phi) is 7.24. The maximum atomic E-state index is 12.2. The zero-order chi connectivity index (χ0) is 24.0. The molecule has 0 spiro atoms. The fraction of sp³-hybridized carbons (Fsp3) is 0.839. The van der Waals surface area contributed by atoms with E-state index in [1.807, 2.05) is 6.92 Å². The molecule has 1 N–H and O–H groups in total. The number of carbonyl (C=O) groups is 1. The highest BCUT2D eigenvalue weighted by atomic mass is 16.1. The van der Waals surface area contributed by atoms with Crippen molar-refractivity contribution >= 4 is 5.91 Å². The molecule has 33 heavy (non-hydrogen) atoms. The van der Waals surface area contributed by atoms with Crippen molar-refractivity contribution in [3.63, 3.8) is 0 Å². The second-order valence-electron chi connectivity index (χ2n) is 13.5. The summed E-state index contributed by atoms with van der Waals surface area (Å²) in [6, 6.07) is 0.293. The Morgan fingerprint density at radius 2 is 1.85 bits per heavy atom. The van der Waals surface area contributed by atoms with E-state index in [2.05, 4.69) is 52.6 Å². The molecule has 4 aliphatic carbocycles. The largest absolute Gasteiger partial charge is 0.349 e. The van der Waals surface area contributed by atoms with Crippen LogP contribution in [0.4, 0.5) is 0 Å². The van der Waals surface area contributed by atoms with Gasteiger partial charge in [0.2, 0.25) is 5.91 Å². The Balaban J connectivity index is 1.45. The molecule has 8 atom stereocenters. The van der Waals surface area contributed by atoms with Crippen LogP contribution in [0, 0.1) is 46.3 Å². The highest BCUT2D eigenvalue weighted by molar-refractivity contribution is 5.92. The monoisotopic (exact) mass is 453 g/mol. The third-order valence-corrected chi connectivity index (χ3v) is 11.0. The highest BCUT2D eigenvalue weighted by Crippen LogP contribution is 2.67. The lowest BCUT2D eigenvalue weighted by molar-refractivity contribution is -0.118. The van der Waals surface area contributed by atoms with Crippen LogP contribution in [0.25, 0.3) is 0 Å². The number of nitrogens with one attached hydrogen (secondary N) is 1. The van der Waals surface area contributed by atoms with Gasteiger partial charge >= 0.3 is 0 Å². The summed E-state index contributed by atoms with van der Waals surface area (Å²) in [5, 5.41) is 3.25. The first-order chi connectivity index (χ1) is 15.6. The first-order valence-electron chi connectivity index (χ1n) is 14.2. The van der Waals surface area contributed by atoms with Crippen molar-refractivity contribution in [3.8, 4) is 0 Å². The van der Waals surface area contributed by atoms with Crippen molar-refractivity contribution in [2.24, 2.45) is 46.3 Å². The van der Waals surface area contributed by atoms with Crippen LogP contribution in [0.2, 0.25) is 0 Å². The molecule has 186 valence electrons. The van der Waals surface area contributed by atoms with E-state index in [-0.39, 0.29) is 5.91 Å². The van der Waals surface area contributed by atoms with Crippen molar-refractivity contribution in [1.82, 2.24) is 5.32 Å². The van der Waals surface area contributed by atoms with Gasteiger partial charge in [-0.3, -0.25) is 4.79 Å². The van der Waals surface area contributed by atoms with Crippen LogP contribution < -0.4 is 5.32 Å². The van der Waals surface area contributed by atoms with Crippen LogP contribution in [-0.4, -0.2) is 11.9 Å². The molecule has 0 radical (unpaired) electrons. The van der Waals surface area contributed by atoms with E-state index in [1.54, 1.807) is 5.57 Å². The van der Waals surface area contributed by atoms with Crippen molar-refractivity contribution in [2.75, 3.05) is 0 Å². The number of allylic oxidation sites excluding steroid dienone is 1. The summed E-state index contributed by atoms with van der Waals surface area (Å²) in [6.07, 6.45) is 17.3. The van der Waals surface area contributed by atoms with E-state index < -0.39 is 0 Å². The lowest BCUT2D eigenvalue weighted by Gasteiger charge is -2.58. The standard InChI is InChI=1S/C31H51NO/c1-20(2)9-8-10-22(5)26-13-14-27-25-12-11-23-19-24(32-29(33)21(3)4)15-17-30(23,6)28(25)16-18-31(26,27)7/h11,20,22,24-28H,3,8-10,12-19H2,1-2,4-7H3,(H,32,33)/t22-,24+,25+,26-,27+,28+,30+,31-/m1/s1. The minimum atomic E-state index is 0.0332. The maximum Gasteiger partial charge on any atom is 0.246 e. The van der Waals surface area contributed by atoms with Gasteiger partial charge in [-0.2, -0.15) is 0 Å². The van der Waals surface area contributed by atoms with E-state index in [0.29, 0.717) is 22.4 Å². The van der Waals surface area contributed by atoms with Gasteiger partial charge in [-0.1, -0.05) is 72.1 Å². The first kappa shape index (κ1) is 25.1. The molecule has 0 aliphatic heterocycles. The van der Waals surface area contributed by atoms with Gasteiger partial charge in [0.25, 0.3) is 0 Å². The van der Waals surface area contributed by atoms with E-state index in [1.165, 1.54) is 57.8 Å². The lowest BCUT2D eigenvalue weighted by Crippen LogP contribution is -2.52. The van der Waals surface area contributed by atoms with E-state index in [4.69, 9.17) is 0 Å². The van der Waals surface area contributed by atoms with Crippen molar-refractivity contribution in [1.29, 1.82) is 0 Å². The first-order valence-corrected chi connectivity index (χ1v) is 14.2. The molecule has 2 heteroatoms. The van der Waals surface area contributed by atoms with Gasteiger partial charge in [0.15, 0.2) is 0 Å². The topological polar surface area (TPSA) is 29.1 Å². The highest BCUT2D eigenvalue weighted by Gasteiger charge is 2.59. The summed E-state index contributed by atoms with van der Waals surface area (Å²) >= 11 is 0. The molecule has 1 amide bonds. The fourth-order valence-electron chi connectivity index (χ4n) is 9.12. The second-order valence-corrected chi connectivity index (χ2v) is 13.5. The zero-order valence-corrected chi connectivity index (χ0v) is 22.5. The number of rotatable bonds is 7. The predicted molar refractivity (Wildman–Crippen MR) is 140 cm³/mol. The van der Waals surface area contributed by atoms with Crippen LogP contribution in [0.5, 0.6) is 0 Å². The number of fused-ring (bicyclic) bond motifs is 5. The predicted octanol–water partition coefficient (Wildman–Crippen LogP) is 8.09.